The number of hydrogen-bond donors (Lipinski definition) is 1. The van der Waals surface area contributed by atoms with Gasteiger partial charge in [0.25, 0.3) is 11.6 Å². The van der Waals surface area contributed by atoms with E-state index in [0.29, 0.717) is 41.2 Å². The lowest BCUT2D eigenvalue weighted by Gasteiger charge is -2.23. The first-order chi connectivity index (χ1) is 14.9. The summed E-state index contributed by atoms with van der Waals surface area (Å²) in [5, 5.41) is 7.51. The number of amides is 1. The van der Waals surface area contributed by atoms with Gasteiger partial charge in [-0.25, -0.2) is 4.98 Å². The fourth-order valence-corrected chi connectivity index (χ4v) is 5.70. The molecule has 2 aromatic heterocycles. The van der Waals surface area contributed by atoms with E-state index in [4.69, 9.17) is 4.52 Å². The van der Waals surface area contributed by atoms with Crippen LogP contribution in [0.3, 0.4) is 0 Å². The second kappa shape index (κ2) is 7.51. The van der Waals surface area contributed by atoms with Gasteiger partial charge in [-0.1, -0.05) is 27.1 Å². The van der Waals surface area contributed by atoms with Crippen LogP contribution in [0.15, 0.2) is 39.8 Å². The maximum absolute atomic E-state index is 13.1. The van der Waals surface area contributed by atoms with Crippen molar-refractivity contribution in [3.63, 3.8) is 0 Å². The Bertz CT molecular complexity index is 1200. The number of benzene rings is 1. The summed E-state index contributed by atoms with van der Waals surface area (Å²) in [5.41, 5.74) is 3.30. The van der Waals surface area contributed by atoms with Gasteiger partial charge < -0.3 is 14.4 Å². The minimum absolute atomic E-state index is 0.168. The highest BCUT2D eigenvalue weighted by Crippen LogP contribution is 2.42. The SMILES string of the molecule is CNC(=O)c1cc(C2CC2)nc2onc(C3CCN([S+](=O)([O-])c4ccc(C)cc4)C3)c12. The molecule has 0 spiro atoms. The molecule has 2 aliphatic rings. The maximum atomic E-state index is 13.1. The number of rotatable bonds is 5. The van der Waals surface area contributed by atoms with Crippen molar-refractivity contribution < 1.29 is 18.1 Å². The molecule has 1 aliphatic carbocycles. The molecule has 1 saturated heterocycles. The molecule has 3 heterocycles. The van der Waals surface area contributed by atoms with E-state index < -0.39 is 10.4 Å². The zero-order valence-corrected chi connectivity index (χ0v) is 18.3. The molecule has 1 saturated carbocycles. The average molecular weight is 441 g/mol. The number of sulfonamides is 1. The van der Waals surface area contributed by atoms with Gasteiger partial charge in [-0.3, -0.25) is 4.79 Å². The van der Waals surface area contributed by atoms with E-state index in [2.05, 4.69) is 15.5 Å². The second-order valence-corrected chi connectivity index (χ2v) is 10.3. The number of nitrogens with one attached hydrogen (secondary N) is 1. The molecule has 0 radical (unpaired) electrons. The van der Waals surface area contributed by atoms with Crippen LogP contribution in [0.25, 0.3) is 11.1 Å². The van der Waals surface area contributed by atoms with E-state index in [1.54, 1.807) is 31.3 Å². The van der Waals surface area contributed by atoms with Crippen LogP contribution >= 0.6 is 0 Å². The van der Waals surface area contributed by atoms with Crippen molar-refractivity contribution in [3.8, 4) is 0 Å². The number of carbonyl (C=O) groups is 1. The molecule has 9 heteroatoms. The Morgan fingerprint density at radius 1 is 1.23 bits per heavy atom. The smallest absolute Gasteiger partial charge is 0.259 e. The molecule has 31 heavy (non-hydrogen) atoms. The first-order valence-corrected chi connectivity index (χ1v) is 11.9. The fourth-order valence-electron chi connectivity index (χ4n) is 4.20. The topological polar surface area (TPSA) is 111 Å². The number of fused-ring (bicyclic) bond motifs is 1. The monoisotopic (exact) mass is 440 g/mol. The van der Waals surface area contributed by atoms with Crippen molar-refractivity contribution in [2.75, 3.05) is 20.1 Å². The summed E-state index contributed by atoms with van der Waals surface area (Å²) in [6.07, 6.45) is 2.71. The highest BCUT2D eigenvalue weighted by Gasteiger charge is 2.40. The number of nitrogens with zero attached hydrogens (tertiary/aromatic N) is 3. The van der Waals surface area contributed by atoms with Crippen LogP contribution < -0.4 is 5.32 Å². The van der Waals surface area contributed by atoms with Crippen molar-refractivity contribution in [2.45, 2.75) is 42.9 Å². The Kier molecular flexibility index (Phi) is 4.91. The van der Waals surface area contributed by atoms with Crippen LogP contribution in [0.2, 0.25) is 0 Å². The molecule has 0 bridgehead atoms. The summed E-state index contributed by atoms with van der Waals surface area (Å²) in [5.74, 6) is -0.0256. The largest absolute Gasteiger partial charge is 0.593 e. The summed E-state index contributed by atoms with van der Waals surface area (Å²) in [4.78, 5) is 17.5. The van der Waals surface area contributed by atoms with Crippen LogP contribution in [0.4, 0.5) is 0 Å². The third-order valence-electron chi connectivity index (χ3n) is 6.16. The van der Waals surface area contributed by atoms with Crippen LogP contribution in [-0.2, 0) is 14.6 Å². The van der Waals surface area contributed by atoms with Gasteiger partial charge in [0.1, 0.15) is 0 Å². The Labute approximate surface area is 181 Å². The molecule has 162 valence electrons. The molecule has 2 atom stereocenters. The lowest BCUT2D eigenvalue weighted by molar-refractivity contribution is 0.0964. The van der Waals surface area contributed by atoms with Gasteiger partial charge >= 0.3 is 0 Å². The van der Waals surface area contributed by atoms with Crippen LogP contribution in [-0.4, -0.2) is 45.0 Å². The zero-order chi connectivity index (χ0) is 21.8. The second-order valence-electron chi connectivity index (χ2n) is 8.36. The van der Waals surface area contributed by atoms with Crippen molar-refractivity contribution in [2.24, 2.45) is 0 Å². The molecule has 1 N–H and O–H groups in total. The minimum atomic E-state index is -3.59. The standard InChI is InChI=1S/C22H24N4O4S/c1-13-3-7-16(8-4-13)31(28,29)26-10-9-15(12-26)20-19-17(21(27)23-2)11-18(14-5-6-14)24-22(19)30-25-20/h3-4,7-8,11,14-15H,5-6,9-10,12H2,1-2H3,(H-,23,27,28,29). The molecular formula is C22H24N4O4S. The Balaban J connectivity index is 1.48. The number of aromatic nitrogens is 2. The van der Waals surface area contributed by atoms with Crippen molar-refractivity contribution in [1.82, 2.24) is 19.8 Å². The molecule has 1 aromatic carbocycles. The van der Waals surface area contributed by atoms with E-state index in [0.717, 1.165) is 24.1 Å². The Morgan fingerprint density at radius 3 is 2.65 bits per heavy atom. The highest BCUT2D eigenvalue weighted by atomic mass is 32.3. The van der Waals surface area contributed by atoms with E-state index in [1.165, 1.54) is 4.31 Å². The quantitative estimate of drug-likeness (QED) is 0.610. The van der Waals surface area contributed by atoms with Gasteiger partial charge in [-0.05, 0) is 44.4 Å². The average Bonchev–Trinajstić information content (AvgIpc) is 3.34. The third kappa shape index (κ3) is 3.56. The molecule has 1 amide bonds. The molecule has 5 rings (SSSR count). The fraction of sp³-hybridized carbons (Fsp3) is 0.409. The lowest BCUT2D eigenvalue weighted by atomic mass is 9.98. The van der Waals surface area contributed by atoms with Gasteiger partial charge in [-0.2, -0.15) is 0 Å². The summed E-state index contributed by atoms with van der Waals surface area (Å²) >= 11 is 0. The molecule has 1 aliphatic heterocycles. The normalized spacial score (nSPS) is 21.3. The van der Waals surface area contributed by atoms with Gasteiger partial charge in [0, 0.05) is 31.1 Å². The summed E-state index contributed by atoms with van der Waals surface area (Å²) in [7, 11) is -2.01. The lowest BCUT2D eigenvalue weighted by Crippen LogP contribution is -2.34. The maximum Gasteiger partial charge on any atom is 0.259 e. The predicted molar refractivity (Wildman–Crippen MR) is 114 cm³/mol. The van der Waals surface area contributed by atoms with E-state index in [1.807, 2.05) is 13.0 Å². The molecule has 2 fully saturated rings. The van der Waals surface area contributed by atoms with Crippen LogP contribution in [0.1, 0.15) is 58.4 Å². The summed E-state index contributed by atoms with van der Waals surface area (Å²) in [6.45, 7) is 2.60. The van der Waals surface area contributed by atoms with Crippen LogP contribution in [0, 0.1) is 6.92 Å². The number of aryl methyl sites for hydroxylation is 1. The number of hydrogen-bond acceptors (Lipinski definition) is 6. The summed E-state index contributed by atoms with van der Waals surface area (Å²) < 4.78 is 33.2. The molecule has 8 nitrogen and oxygen atoms in total. The van der Waals surface area contributed by atoms with Gasteiger partial charge in [0.15, 0.2) is 15.3 Å². The van der Waals surface area contributed by atoms with Gasteiger partial charge in [0.2, 0.25) is 0 Å². The van der Waals surface area contributed by atoms with Crippen molar-refractivity contribution in [1.29, 1.82) is 0 Å². The number of carbonyl (C=O) groups excluding carboxylic acids is 1. The van der Waals surface area contributed by atoms with Gasteiger partial charge in [-0.15, -0.1) is 4.31 Å². The first-order valence-electron chi connectivity index (χ1n) is 10.5. The molecular weight excluding hydrogens is 416 g/mol. The first kappa shape index (κ1) is 20.3. The van der Waals surface area contributed by atoms with E-state index in [9.17, 15) is 13.6 Å². The third-order valence-corrected chi connectivity index (χ3v) is 8.04. The molecule has 3 aromatic rings. The van der Waals surface area contributed by atoms with Crippen molar-refractivity contribution >= 4 is 27.4 Å². The Morgan fingerprint density at radius 2 is 1.97 bits per heavy atom. The number of pyridine rings is 1. The highest BCUT2D eigenvalue weighted by molar-refractivity contribution is 7.95. The van der Waals surface area contributed by atoms with Crippen molar-refractivity contribution in [3.05, 3.63) is 52.8 Å². The molecule has 2 unspecified atom stereocenters. The zero-order valence-electron chi connectivity index (χ0n) is 17.5. The Hall–Kier alpha value is -2.62. The van der Waals surface area contributed by atoms with E-state index >= 15 is 0 Å². The predicted octanol–water partition coefficient (Wildman–Crippen LogP) is 3.16. The summed E-state index contributed by atoms with van der Waals surface area (Å²) in [6, 6.07) is 8.69. The minimum Gasteiger partial charge on any atom is -0.593 e. The van der Waals surface area contributed by atoms with Gasteiger partial charge in [0.05, 0.1) is 23.2 Å². The van der Waals surface area contributed by atoms with E-state index in [-0.39, 0.29) is 23.3 Å². The van der Waals surface area contributed by atoms with Crippen LogP contribution in [0.5, 0.6) is 0 Å².